The molecule has 94 valence electrons. The Labute approximate surface area is 111 Å². The normalized spacial score (nSPS) is 21.6. The molecule has 1 heterocycles. The Morgan fingerprint density at radius 1 is 1.53 bits per heavy atom. The lowest BCUT2D eigenvalue weighted by Gasteiger charge is -2.30. The fourth-order valence-corrected chi connectivity index (χ4v) is 2.46. The maximum atomic E-state index is 5.70. The summed E-state index contributed by atoms with van der Waals surface area (Å²) < 4.78 is 6.83. The smallest absolute Gasteiger partial charge is 0.0826 e. The Hall–Kier alpha value is -0.420. The molecule has 1 aliphatic heterocycles. The highest BCUT2D eigenvalue weighted by Gasteiger charge is 2.16. The third kappa shape index (κ3) is 4.39. The second-order valence-electron chi connectivity index (χ2n) is 4.52. The maximum Gasteiger partial charge on any atom is 0.0826 e. The number of hydrogen-bond acceptors (Lipinski definition) is 3. The van der Waals surface area contributed by atoms with Crippen LogP contribution < -0.4 is 5.32 Å². The zero-order valence-electron chi connectivity index (χ0n) is 10.2. The van der Waals surface area contributed by atoms with E-state index in [4.69, 9.17) is 4.74 Å². The first-order chi connectivity index (χ1) is 8.24. The van der Waals surface area contributed by atoms with Crippen molar-refractivity contribution in [2.24, 2.45) is 0 Å². The molecule has 1 aliphatic rings. The zero-order chi connectivity index (χ0) is 12.1. The molecule has 17 heavy (non-hydrogen) atoms. The lowest BCUT2D eigenvalue weighted by atomic mass is 10.2. The Balaban J connectivity index is 1.72. The first kappa shape index (κ1) is 13.0. The summed E-state index contributed by atoms with van der Waals surface area (Å²) in [6.45, 7) is 4.72. The number of likely N-dealkylation sites (N-methyl/N-ethyl adjacent to an activating group) is 1. The molecule has 0 saturated carbocycles. The molecular weight excluding hydrogens is 280 g/mol. The summed E-state index contributed by atoms with van der Waals surface area (Å²) in [6, 6.07) is 8.38. The van der Waals surface area contributed by atoms with E-state index in [1.807, 2.05) is 6.07 Å². The van der Waals surface area contributed by atoms with Gasteiger partial charge in [0.1, 0.15) is 0 Å². The van der Waals surface area contributed by atoms with Crippen LogP contribution in [0.15, 0.2) is 28.7 Å². The van der Waals surface area contributed by atoms with Crippen molar-refractivity contribution in [3.63, 3.8) is 0 Å². The van der Waals surface area contributed by atoms with Crippen LogP contribution >= 0.6 is 15.9 Å². The van der Waals surface area contributed by atoms with Crippen molar-refractivity contribution in [2.75, 3.05) is 33.3 Å². The largest absolute Gasteiger partial charge is 0.374 e. The van der Waals surface area contributed by atoms with Crippen LogP contribution in [0.3, 0.4) is 0 Å². The molecular formula is C13H19BrN2O. The fourth-order valence-electron chi connectivity index (χ4n) is 2.01. The number of hydrogen-bond donors (Lipinski definition) is 1. The Kier molecular flexibility index (Phi) is 4.98. The first-order valence-corrected chi connectivity index (χ1v) is 6.78. The van der Waals surface area contributed by atoms with Crippen molar-refractivity contribution in [2.45, 2.75) is 12.6 Å². The van der Waals surface area contributed by atoms with Gasteiger partial charge in [0, 0.05) is 30.7 Å². The van der Waals surface area contributed by atoms with Gasteiger partial charge in [-0.2, -0.15) is 0 Å². The summed E-state index contributed by atoms with van der Waals surface area (Å²) in [5.41, 5.74) is 1.29. The van der Waals surface area contributed by atoms with Gasteiger partial charge in [0.2, 0.25) is 0 Å². The van der Waals surface area contributed by atoms with Crippen LogP contribution in [0.25, 0.3) is 0 Å². The molecule has 3 nitrogen and oxygen atoms in total. The molecule has 0 radical (unpaired) electrons. The fraction of sp³-hybridized carbons (Fsp3) is 0.538. The molecule has 1 fully saturated rings. The van der Waals surface area contributed by atoms with E-state index in [0.717, 1.165) is 37.3 Å². The number of benzene rings is 1. The lowest BCUT2D eigenvalue weighted by Crippen LogP contribution is -2.44. The Morgan fingerprint density at radius 3 is 3.18 bits per heavy atom. The number of rotatable bonds is 4. The molecule has 0 spiro atoms. The SMILES string of the molecule is CN1CCO[C@H](CNCc2cccc(Br)c2)C1. The van der Waals surface area contributed by atoms with Gasteiger partial charge in [-0.3, -0.25) is 0 Å². The molecule has 1 atom stereocenters. The van der Waals surface area contributed by atoms with Crippen LogP contribution in [0.5, 0.6) is 0 Å². The van der Waals surface area contributed by atoms with E-state index in [2.05, 4.69) is 51.4 Å². The zero-order valence-corrected chi connectivity index (χ0v) is 11.7. The molecule has 4 heteroatoms. The van der Waals surface area contributed by atoms with Crippen molar-refractivity contribution < 1.29 is 4.74 Å². The second kappa shape index (κ2) is 6.50. The second-order valence-corrected chi connectivity index (χ2v) is 5.43. The summed E-state index contributed by atoms with van der Waals surface area (Å²) in [7, 11) is 2.14. The van der Waals surface area contributed by atoms with E-state index in [-0.39, 0.29) is 0 Å². The van der Waals surface area contributed by atoms with Crippen LogP contribution in [-0.4, -0.2) is 44.3 Å². The van der Waals surface area contributed by atoms with Crippen LogP contribution in [0.2, 0.25) is 0 Å². The van der Waals surface area contributed by atoms with Crippen molar-refractivity contribution in [1.29, 1.82) is 0 Å². The standard InChI is InChI=1S/C13H19BrN2O/c1-16-5-6-17-13(10-16)9-15-8-11-3-2-4-12(14)7-11/h2-4,7,13,15H,5-6,8-10H2,1H3/t13-/m1/s1. The summed E-state index contributed by atoms with van der Waals surface area (Å²) in [6.07, 6.45) is 0.320. The van der Waals surface area contributed by atoms with E-state index < -0.39 is 0 Å². The van der Waals surface area contributed by atoms with E-state index >= 15 is 0 Å². The summed E-state index contributed by atoms with van der Waals surface area (Å²) in [4.78, 5) is 2.31. The minimum atomic E-state index is 0.320. The van der Waals surface area contributed by atoms with Gasteiger partial charge in [-0.25, -0.2) is 0 Å². The molecule has 1 aromatic rings. The van der Waals surface area contributed by atoms with Crippen LogP contribution in [-0.2, 0) is 11.3 Å². The van der Waals surface area contributed by atoms with Crippen LogP contribution in [0, 0.1) is 0 Å². The molecule has 2 rings (SSSR count). The third-order valence-electron chi connectivity index (χ3n) is 2.93. The van der Waals surface area contributed by atoms with Crippen LogP contribution in [0.4, 0.5) is 0 Å². The number of nitrogens with zero attached hydrogens (tertiary/aromatic N) is 1. The minimum Gasteiger partial charge on any atom is -0.374 e. The Morgan fingerprint density at radius 2 is 2.41 bits per heavy atom. The van der Waals surface area contributed by atoms with E-state index in [9.17, 15) is 0 Å². The van der Waals surface area contributed by atoms with E-state index in [1.165, 1.54) is 5.56 Å². The van der Waals surface area contributed by atoms with Gasteiger partial charge >= 0.3 is 0 Å². The minimum absolute atomic E-state index is 0.320. The monoisotopic (exact) mass is 298 g/mol. The van der Waals surface area contributed by atoms with E-state index in [1.54, 1.807) is 0 Å². The molecule has 0 aromatic heterocycles. The molecule has 0 aliphatic carbocycles. The Bertz CT molecular complexity index is 359. The average molecular weight is 299 g/mol. The number of ether oxygens (including phenoxy) is 1. The number of morpholine rings is 1. The number of halogens is 1. The van der Waals surface area contributed by atoms with Gasteiger partial charge in [-0.1, -0.05) is 28.1 Å². The van der Waals surface area contributed by atoms with Gasteiger partial charge in [0.25, 0.3) is 0 Å². The predicted octanol–water partition coefficient (Wildman–Crippen LogP) is 1.87. The van der Waals surface area contributed by atoms with Gasteiger partial charge < -0.3 is 15.0 Å². The van der Waals surface area contributed by atoms with Crippen molar-refractivity contribution in [3.8, 4) is 0 Å². The summed E-state index contributed by atoms with van der Waals surface area (Å²) in [5, 5.41) is 3.45. The highest BCUT2D eigenvalue weighted by molar-refractivity contribution is 9.10. The quantitative estimate of drug-likeness (QED) is 0.918. The molecule has 1 aromatic carbocycles. The predicted molar refractivity (Wildman–Crippen MR) is 73.1 cm³/mol. The first-order valence-electron chi connectivity index (χ1n) is 5.99. The van der Waals surface area contributed by atoms with Crippen molar-refractivity contribution in [3.05, 3.63) is 34.3 Å². The van der Waals surface area contributed by atoms with Crippen molar-refractivity contribution in [1.82, 2.24) is 10.2 Å². The summed E-state index contributed by atoms with van der Waals surface area (Å²) >= 11 is 3.48. The molecule has 0 amide bonds. The molecule has 0 bridgehead atoms. The third-order valence-corrected chi connectivity index (χ3v) is 3.43. The number of nitrogens with one attached hydrogen (secondary N) is 1. The topological polar surface area (TPSA) is 24.5 Å². The average Bonchev–Trinajstić information content (AvgIpc) is 2.29. The van der Waals surface area contributed by atoms with Gasteiger partial charge in [-0.05, 0) is 24.7 Å². The highest BCUT2D eigenvalue weighted by Crippen LogP contribution is 2.11. The van der Waals surface area contributed by atoms with Gasteiger partial charge in [-0.15, -0.1) is 0 Å². The molecule has 0 unspecified atom stereocenters. The molecule has 1 N–H and O–H groups in total. The maximum absolute atomic E-state index is 5.70. The van der Waals surface area contributed by atoms with Crippen molar-refractivity contribution >= 4 is 15.9 Å². The highest BCUT2D eigenvalue weighted by atomic mass is 79.9. The van der Waals surface area contributed by atoms with Gasteiger partial charge in [0.05, 0.1) is 12.7 Å². The molecule has 1 saturated heterocycles. The van der Waals surface area contributed by atoms with E-state index in [0.29, 0.717) is 6.10 Å². The lowest BCUT2D eigenvalue weighted by molar-refractivity contribution is -0.0182. The summed E-state index contributed by atoms with van der Waals surface area (Å²) in [5.74, 6) is 0. The van der Waals surface area contributed by atoms with Gasteiger partial charge in [0.15, 0.2) is 0 Å². The van der Waals surface area contributed by atoms with Crippen LogP contribution in [0.1, 0.15) is 5.56 Å².